The van der Waals surface area contributed by atoms with Crippen LogP contribution in [0.4, 0.5) is 17.1 Å². The van der Waals surface area contributed by atoms with Crippen molar-refractivity contribution in [2.75, 3.05) is 4.90 Å². The number of aromatic nitrogens is 7. The highest BCUT2D eigenvalue weighted by atomic mass is 15.2. The number of anilines is 3. The van der Waals surface area contributed by atoms with Gasteiger partial charge in [0.2, 0.25) is 5.95 Å². The molecular weight excluding hydrogens is 1490 g/mol. The molecule has 0 saturated heterocycles. The summed E-state index contributed by atoms with van der Waals surface area (Å²) in [5.41, 5.74) is 43.6. The Morgan fingerprint density at radius 2 is 0.512 bits per heavy atom. The number of benzene rings is 17. The molecule has 5 aromatic heterocycles. The Morgan fingerprint density at radius 3 is 0.959 bits per heavy atom. The van der Waals surface area contributed by atoms with Gasteiger partial charge in [0.15, 0.2) is 5.82 Å². The van der Waals surface area contributed by atoms with Gasteiger partial charge in [0.1, 0.15) is 5.69 Å². The maximum Gasteiger partial charge on any atom is 0.235 e. The SMILES string of the molecule is Cc1c2c3c(cccc3n1-c1ccc(-c3ccc(N(c4ccccc4)c4ccccc4)cc3)cc1)-c1ccccc1-c1ccccc1-2.Cc1c2c3c(cccc3n1-c1nc(-c3ccccc3)c3ccccc3n1)-c1ccccc1-c1ccccc1-2.Cc1c2c3c(cccc3n1-c1nc3ccccc3nc1-c1ccccc1)-c1ccccc1-c1ccccc1-2. The molecule has 0 spiro atoms. The molecule has 0 fully saturated rings. The summed E-state index contributed by atoms with van der Waals surface area (Å²) in [6.07, 6.45) is 0. The van der Waals surface area contributed by atoms with Crippen LogP contribution in [0.5, 0.6) is 0 Å². The average Bonchev–Trinajstić information content (AvgIpc) is 1.57. The number of fused-ring (bicyclic) bond motifs is 17. The minimum absolute atomic E-state index is 0.694. The van der Waals surface area contributed by atoms with Crippen LogP contribution in [0.15, 0.2) is 419 Å². The van der Waals surface area contributed by atoms with E-state index in [1.54, 1.807) is 0 Å². The summed E-state index contributed by atoms with van der Waals surface area (Å²) < 4.78 is 7.00. The van der Waals surface area contributed by atoms with Crippen LogP contribution in [0.3, 0.4) is 0 Å². The summed E-state index contributed by atoms with van der Waals surface area (Å²) >= 11 is 0. The Kier molecular flexibility index (Phi) is 17.4. The fourth-order valence-corrected chi connectivity index (χ4v) is 19.7. The van der Waals surface area contributed by atoms with E-state index >= 15 is 0 Å². The lowest BCUT2D eigenvalue weighted by Gasteiger charge is -2.25. The minimum atomic E-state index is 0.694. The fraction of sp³-hybridized carbons (Fsp3) is 0.0261. The van der Waals surface area contributed by atoms with Crippen molar-refractivity contribution in [1.29, 1.82) is 0 Å². The van der Waals surface area contributed by atoms with Crippen LogP contribution in [0.1, 0.15) is 17.1 Å². The van der Waals surface area contributed by atoms with E-state index in [2.05, 4.69) is 415 Å². The van der Waals surface area contributed by atoms with Gasteiger partial charge >= 0.3 is 0 Å². The van der Waals surface area contributed by atoms with Crippen molar-refractivity contribution in [3.05, 3.63) is 436 Å². The van der Waals surface area contributed by atoms with Crippen LogP contribution in [-0.2, 0) is 0 Å². The first-order chi connectivity index (χ1) is 60.8. The van der Waals surface area contributed by atoms with Gasteiger partial charge in [-0.15, -0.1) is 0 Å². The number of nitrogens with zero attached hydrogens (tertiary/aromatic N) is 8. The molecular formula is C115H78N8. The van der Waals surface area contributed by atoms with Crippen LogP contribution in [0.25, 0.3) is 206 Å². The molecule has 22 aromatic rings. The molecule has 3 aliphatic carbocycles. The standard InChI is InChI=1S/C45H32N2.2C35H23N3/c1-31-44-41-20-11-10-18-39(41)38-17-8-9-19-40(38)42-21-12-22-43(45(42)44)46(31)36-27-23-32(24-28-36)33-25-29-37(30-26-33)47(34-13-4-2-5-14-34)35-15-6-3-7-16-35;1-22-32-27-17-8-7-15-25(27)24-14-5-6-16-26(24)28-18-11-21-31(33(28)32)38(22)35-34(23-12-3-2-4-13-23)36-29-19-9-10-20-30(29)37-35;1-22-32-27-17-8-7-15-25(27)24-14-5-6-16-26(24)28-19-11-21-31(33(28)32)38(22)35-36-30-20-10-9-18-29(30)34(37-35)23-12-3-2-4-13-23/h2-30H,1H3;2*2-21H,1H3. The van der Waals surface area contributed by atoms with Gasteiger partial charge in [0.05, 0.1) is 38.8 Å². The summed E-state index contributed by atoms with van der Waals surface area (Å²) in [7, 11) is 0. The number of rotatable bonds is 9. The lowest BCUT2D eigenvalue weighted by atomic mass is 9.94. The molecule has 3 aliphatic rings. The van der Waals surface area contributed by atoms with E-state index in [1.165, 1.54) is 144 Å². The summed E-state index contributed by atoms with van der Waals surface area (Å²) in [4.78, 5) is 23.1. The molecule has 0 bridgehead atoms. The molecule has 123 heavy (non-hydrogen) atoms. The van der Waals surface area contributed by atoms with Gasteiger partial charge < -0.3 is 9.47 Å². The van der Waals surface area contributed by atoms with E-state index in [0.717, 1.165) is 89.8 Å². The molecule has 0 atom stereocenters. The third-order valence-electron chi connectivity index (χ3n) is 25.1. The first-order valence-electron chi connectivity index (χ1n) is 42.1. The van der Waals surface area contributed by atoms with E-state index < -0.39 is 0 Å². The molecule has 8 heteroatoms. The van der Waals surface area contributed by atoms with Gasteiger partial charge in [0, 0.05) is 89.2 Å². The second kappa shape index (κ2) is 29.7. The number of para-hydroxylation sites is 5. The van der Waals surface area contributed by atoms with Gasteiger partial charge in [-0.25, -0.2) is 19.9 Å². The van der Waals surface area contributed by atoms with Crippen LogP contribution in [0, 0.1) is 20.8 Å². The highest BCUT2D eigenvalue weighted by Gasteiger charge is 2.32. The fourth-order valence-electron chi connectivity index (χ4n) is 19.7. The number of hydrogen-bond donors (Lipinski definition) is 0. The lowest BCUT2D eigenvalue weighted by Crippen LogP contribution is -2.09. The van der Waals surface area contributed by atoms with E-state index in [4.69, 9.17) is 19.9 Å². The normalized spacial score (nSPS) is 11.7. The van der Waals surface area contributed by atoms with Crippen LogP contribution in [-0.4, -0.2) is 33.6 Å². The smallest absolute Gasteiger partial charge is 0.235 e. The monoisotopic (exact) mass is 1570 g/mol. The third-order valence-corrected chi connectivity index (χ3v) is 25.1. The lowest BCUT2D eigenvalue weighted by molar-refractivity contribution is 0.947. The van der Waals surface area contributed by atoms with Crippen molar-refractivity contribution in [3.8, 4) is 151 Å². The second-order valence-electron chi connectivity index (χ2n) is 31.9. The van der Waals surface area contributed by atoms with Crippen LogP contribution in [0.2, 0.25) is 0 Å². The summed E-state index contributed by atoms with van der Waals surface area (Å²) in [5.74, 6) is 1.55. The minimum Gasteiger partial charge on any atom is -0.313 e. The summed E-state index contributed by atoms with van der Waals surface area (Å²) in [6, 6.07) is 149. The Labute approximate surface area is 713 Å². The molecule has 578 valence electrons. The van der Waals surface area contributed by atoms with Crippen molar-refractivity contribution in [3.63, 3.8) is 0 Å². The first kappa shape index (κ1) is 72.1. The largest absolute Gasteiger partial charge is 0.313 e. The van der Waals surface area contributed by atoms with Gasteiger partial charge in [-0.2, -0.15) is 0 Å². The zero-order chi connectivity index (χ0) is 81.8. The highest BCUT2D eigenvalue weighted by Crippen LogP contribution is 2.55. The van der Waals surface area contributed by atoms with E-state index in [-0.39, 0.29) is 0 Å². The topological polar surface area (TPSA) is 69.6 Å². The zero-order valence-electron chi connectivity index (χ0n) is 67.9. The molecule has 25 rings (SSSR count). The second-order valence-corrected chi connectivity index (χ2v) is 31.9. The maximum absolute atomic E-state index is 5.25. The molecule has 8 nitrogen and oxygen atoms in total. The van der Waals surface area contributed by atoms with Crippen molar-refractivity contribution in [2.24, 2.45) is 0 Å². The molecule has 0 amide bonds. The molecule has 0 radical (unpaired) electrons. The van der Waals surface area contributed by atoms with Gasteiger partial charge in [-0.1, -0.05) is 334 Å². The predicted molar refractivity (Wildman–Crippen MR) is 511 cm³/mol. The Balaban J connectivity index is 0.000000108. The Morgan fingerprint density at radius 1 is 0.203 bits per heavy atom. The average molecular weight is 1570 g/mol. The van der Waals surface area contributed by atoms with Crippen molar-refractivity contribution in [2.45, 2.75) is 20.8 Å². The highest BCUT2D eigenvalue weighted by molar-refractivity contribution is 6.18. The number of hydrogen-bond acceptors (Lipinski definition) is 5. The molecule has 0 aliphatic heterocycles. The van der Waals surface area contributed by atoms with Crippen molar-refractivity contribution in [1.82, 2.24) is 33.6 Å². The first-order valence-corrected chi connectivity index (χ1v) is 42.1. The molecule has 5 heterocycles. The summed E-state index contributed by atoms with van der Waals surface area (Å²) in [6.45, 7) is 6.69. The third kappa shape index (κ3) is 11.9. The molecule has 0 saturated carbocycles. The molecule has 0 N–H and O–H groups in total. The van der Waals surface area contributed by atoms with Gasteiger partial charge in [-0.05, 0) is 200 Å². The zero-order valence-corrected chi connectivity index (χ0v) is 67.9. The maximum atomic E-state index is 5.25. The quantitative estimate of drug-likeness (QED) is 0.144. The van der Waals surface area contributed by atoms with E-state index in [0.29, 0.717) is 5.95 Å². The van der Waals surface area contributed by atoms with Crippen molar-refractivity contribution < 1.29 is 0 Å². The van der Waals surface area contributed by atoms with Crippen LogP contribution >= 0.6 is 0 Å². The Bertz CT molecular complexity index is 7900. The summed E-state index contributed by atoms with van der Waals surface area (Å²) in [5, 5.41) is 4.89. The molecule has 0 unspecified atom stereocenters. The van der Waals surface area contributed by atoms with E-state index in [1.807, 2.05) is 42.5 Å². The van der Waals surface area contributed by atoms with E-state index in [9.17, 15) is 0 Å². The van der Waals surface area contributed by atoms with Gasteiger partial charge in [-0.3, -0.25) is 9.13 Å². The van der Waals surface area contributed by atoms with Crippen LogP contribution < -0.4 is 4.90 Å². The Hall–Kier alpha value is -16.2. The predicted octanol–water partition coefficient (Wildman–Crippen LogP) is 30.1. The molecule has 17 aromatic carbocycles. The van der Waals surface area contributed by atoms with Crippen molar-refractivity contribution >= 4 is 71.7 Å². The van der Waals surface area contributed by atoms with Gasteiger partial charge in [0.25, 0.3) is 0 Å².